The summed E-state index contributed by atoms with van der Waals surface area (Å²) in [4.78, 5) is 14.4. The molecule has 2 atom stereocenters. The van der Waals surface area contributed by atoms with Crippen LogP contribution in [0.3, 0.4) is 0 Å². The van der Waals surface area contributed by atoms with Gasteiger partial charge in [0.1, 0.15) is 5.41 Å². The van der Waals surface area contributed by atoms with Crippen molar-refractivity contribution in [2.75, 3.05) is 19.6 Å². The predicted octanol–water partition coefficient (Wildman–Crippen LogP) is 1.92. The summed E-state index contributed by atoms with van der Waals surface area (Å²) in [5.41, 5.74) is -0.887. The van der Waals surface area contributed by atoms with Crippen LogP contribution in [0, 0.1) is 16.7 Å². The number of hydrogen-bond acceptors (Lipinski definition) is 3. The van der Waals surface area contributed by atoms with Gasteiger partial charge in [-0.05, 0) is 46.2 Å². The van der Waals surface area contributed by atoms with Gasteiger partial charge in [-0.3, -0.25) is 9.69 Å². The molecule has 0 aromatic carbocycles. The molecular formula is C14H25N3O. The molecular weight excluding hydrogens is 226 g/mol. The monoisotopic (exact) mass is 251 g/mol. The second-order valence-electron chi connectivity index (χ2n) is 5.45. The Morgan fingerprint density at radius 1 is 1.44 bits per heavy atom. The molecule has 0 aliphatic carbocycles. The van der Waals surface area contributed by atoms with E-state index in [2.05, 4.69) is 23.2 Å². The molecule has 4 nitrogen and oxygen atoms in total. The van der Waals surface area contributed by atoms with Crippen molar-refractivity contribution in [3.05, 3.63) is 0 Å². The van der Waals surface area contributed by atoms with Crippen LogP contribution in [0.2, 0.25) is 0 Å². The van der Waals surface area contributed by atoms with Crippen molar-refractivity contribution in [3.8, 4) is 6.07 Å². The molecule has 1 amide bonds. The zero-order chi connectivity index (χ0) is 13.6. The number of likely N-dealkylation sites (tertiary alicyclic amines) is 1. The van der Waals surface area contributed by atoms with E-state index >= 15 is 0 Å². The molecule has 102 valence electrons. The van der Waals surface area contributed by atoms with Gasteiger partial charge in [-0.15, -0.1) is 0 Å². The van der Waals surface area contributed by atoms with Crippen molar-refractivity contribution < 1.29 is 4.79 Å². The fraction of sp³-hybridized carbons (Fsp3) is 0.857. The molecule has 1 saturated heterocycles. The van der Waals surface area contributed by atoms with E-state index in [0.29, 0.717) is 19.0 Å². The van der Waals surface area contributed by atoms with Gasteiger partial charge in [0.15, 0.2) is 0 Å². The third kappa shape index (κ3) is 3.71. The minimum absolute atomic E-state index is 0.142. The van der Waals surface area contributed by atoms with Crippen LogP contribution in [0.4, 0.5) is 0 Å². The van der Waals surface area contributed by atoms with E-state index < -0.39 is 5.41 Å². The Hall–Kier alpha value is -1.08. The van der Waals surface area contributed by atoms with Crippen molar-refractivity contribution in [1.82, 2.24) is 10.2 Å². The van der Waals surface area contributed by atoms with Gasteiger partial charge in [0.05, 0.1) is 6.07 Å². The molecule has 1 N–H and O–H groups in total. The quantitative estimate of drug-likeness (QED) is 0.812. The molecule has 1 rings (SSSR count). The SMILES string of the molecule is CCC(C)(C#N)C(=O)NCC(C)N1CCCCC1. The van der Waals surface area contributed by atoms with Gasteiger partial charge < -0.3 is 5.32 Å². The van der Waals surface area contributed by atoms with Crippen LogP contribution in [-0.2, 0) is 4.79 Å². The zero-order valence-electron chi connectivity index (χ0n) is 11.8. The van der Waals surface area contributed by atoms with Crippen molar-refractivity contribution >= 4 is 5.91 Å². The smallest absolute Gasteiger partial charge is 0.240 e. The Balaban J connectivity index is 2.40. The Morgan fingerprint density at radius 2 is 2.06 bits per heavy atom. The molecule has 0 radical (unpaired) electrons. The molecule has 2 unspecified atom stereocenters. The second kappa shape index (κ2) is 6.75. The summed E-state index contributed by atoms with van der Waals surface area (Å²) >= 11 is 0. The van der Waals surface area contributed by atoms with Crippen molar-refractivity contribution in [1.29, 1.82) is 5.26 Å². The highest BCUT2D eigenvalue weighted by Crippen LogP contribution is 2.19. The lowest BCUT2D eigenvalue weighted by molar-refractivity contribution is -0.127. The number of nitriles is 1. The highest BCUT2D eigenvalue weighted by atomic mass is 16.2. The van der Waals surface area contributed by atoms with Crippen LogP contribution in [0.15, 0.2) is 0 Å². The maximum Gasteiger partial charge on any atom is 0.240 e. The van der Waals surface area contributed by atoms with Crippen molar-refractivity contribution in [3.63, 3.8) is 0 Å². The third-order valence-electron chi connectivity index (χ3n) is 4.03. The number of hydrogen-bond donors (Lipinski definition) is 1. The van der Waals surface area contributed by atoms with Crippen LogP contribution in [0.5, 0.6) is 0 Å². The highest BCUT2D eigenvalue weighted by molar-refractivity contribution is 5.84. The maximum atomic E-state index is 12.0. The number of piperidine rings is 1. The minimum atomic E-state index is -0.887. The zero-order valence-corrected chi connectivity index (χ0v) is 11.8. The summed E-state index contributed by atoms with van der Waals surface area (Å²) in [6, 6.07) is 2.46. The Bertz CT molecular complexity index is 317. The van der Waals surface area contributed by atoms with Gasteiger partial charge in [-0.1, -0.05) is 13.3 Å². The van der Waals surface area contributed by atoms with E-state index in [1.165, 1.54) is 19.3 Å². The molecule has 1 aliphatic heterocycles. The Morgan fingerprint density at radius 3 is 2.56 bits per heavy atom. The summed E-state index contributed by atoms with van der Waals surface area (Å²) in [6.07, 6.45) is 4.37. The predicted molar refractivity (Wildman–Crippen MR) is 71.9 cm³/mol. The molecule has 0 aromatic rings. The molecule has 1 fully saturated rings. The number of rotatable bonds is 5. The normalized spacial score (nSPS) is 21.7. The molecule has 1 heterocycles. The largest absolute Gasteiger partial charge is 0.353 e. The van der Waals surface area contributed by atoms with E-state index in [1.807, 2.05) is 6.92 Å². The highest BCUT2D eigenvalue weighted by Gasteiger charge is 2.31. The molecule has 0 saturated carbocycles. The van der Waals surface area contributed by atoms with Crippen LogP contribution >= 0.6 is 0 Å². The maximum absolute atomic E-state index is 12.0. The average Bonchev–Trinajstić information content (AvgIpc) is 2.44. The summed E-state index contributed by atoms with van der Waals surface area (Å²) in [7, 11) is 0. The first-order valence-corrected chi connectivity index (χ1v) is 6.97. The van der Waals surface area contributed by atoms with Gasteiger partial charge >= 0.3 is 0 Å². The molecule has 4 heteroatoms. The van der Waals surface area contributed by atoms with Crippen molar-refractivity contribution in [2.45, 2.75) is 52.5 Å². The number of carbonyl (C=O) groups excluding carboxylic acids is 1. The van der Waals surface area contributed by atoms with Crippen LogP contribution < -0.4 is 5.32 Å². The lowest BCUT2D eigenvalue weighted by atomic mass is 9.88. The molecule has 0 aromatic heterocycles. The first kappa shape index (κ1) is 15.0. The summed E-state index contributed by atoms with van der Waals surface area (Å²) < 4.78 is 0. The van der Waals surface area contributed by atoms with E-state index in [9.17, 15) is 4.79 Å². The van der Waals surface area contributed by atoms with Crippen LogP contribution in [0.25, 0.3) is 0 Å². The average molecular weight is 251 g/mol. The summed E-state index contributed by atoms with van der Waals surface area (Å²) in [5.74, 6) is -0.142. The van der Waals surface area contributed by atoms with Gasteiger partial charge in [-0.25, -0.2) is 0 Å². The summed E-state index contributed by atoms with van der Waals surface area (Å²) in [6.45, 7) is 8.60. The topological polar surface area (TPSA) is 56.1 Å². The number of amides is 1. The Kier molecular flexibility index (Phi) is 5.61. The fourth-order valence-electron chi connectivity index (χ4n) is 2.21. The van der Waals surface area contributed by atoms with E-state index in [0.717, 1.165) is 13.1 Å². The first-order valence-electron chi connectivity index (χ1n) is 6.97. The van der Waals surface area contributed by atoms with Gasteiger partial charge in [-0.2, -0.15) is 5.26 Å². The summed E-state index contributed by atoms with van der Waals surface area (Å²) in [5, 5.41) is 12.0. The fourth-order valence-corrected chi connectivity index (χ4v) is 2.21. The van der Waals surface area contributed by atoms with E-state index in [1.54, 1.807) is 6.92 Å². The standard InChI is InChI=1S/C14H25N3O/c1-4-14(3,11-15)13(18)16-10-12(2)17-8-6-5-7-9-17/h12H,4-10H2,1-3H3,(H,16,18). The number of carbonyl (C=O) groups is 1. The second-order valence-corrected chi connectivity index (χ2v) is 5.45. The molecule has 18 heavy (non-hydrogen) atoms. The lowest BCUT2D eigenvalue weighted by Gasteiger charge is -2.33. The van der Waals surface area contributed by atoms with Crippen LogP contribution in [0.1, 0.15) is 46.5 Å². The molecule has 0 spiro atoms. The molecule has 1 aliphatic rings. The van der Waals surface area contributed by atoms with E-state index in [-0.39, 0.29) is 5.91 Å². The Labute approximate surface area is 110 Å². The number of nitrogens with one attached hydrogen (secondary N) is 1. The number of nitrogens with zero attached hydrogens (tertiary/aromatic N) is 2. The van der Waals surface area contributed by atoms with Crippen LogP contribution in [-0.4, -0.2) is 36.5 Å². The first-order chi connectivity index (χ1) is 8.53. The van der Waals surface area contributed by atoms with Gasteiger partial charge in [0.25, 0.3) is 0 Å². The van der Waals surface area contributed by atoms with Crippen molar-refractivity contribution in [2.24, 2.45) is 5.41 Å². The molecule has 0 bridgehead atoms. The lowest BCUT2D eigenvalue weighted by Crippen LogP contribution is -2.47. The minimum Gasteiger partial charge on any atom is -0.353 e. The third-order valence-corrected chi connectivity index (χ3v) is 4.03. The van der Waals surface area contributed by atoms with E-state index in [4.69, 9.17) is 5.26 Å². The van der Waals surface area contributed by atoms with Gasteiger partial charge in [0.2, 0.25) is 5.91 Å². The van der Waals surface area contributed by atoms with Gasteiger partial charge in [0, 0.05) is 12.6 Å².